The molecule has 1 saturated carbocycles. The molecule has 2 aromatic heterocycles. The van der Waals surface area contributed by atoms with E-state index in [1.807, 2.05) is 12.3 Å². The van der Waals surface area contributed by atoms with Crippen LogP contribution in [-0.4, -0.2) is 66.2 Å². The molecular weight excluding hydrogens is 294 g/mol. The summed E-state index contributed by atoms with van der Waals surface area (Å²) in [6.45, 7) is 3.42. The predicted molar refractivity (Wildman–Crippen MR) is 86.1 cm³/mol. The molecule has 7 nitrogen and oxygen atoms in total. The molecule has 3 heterocycles. The van der Waals surface area contributed by atoms with Crippen molar-refractivity contribution in [2.45, 2.75) is 0 Å². The van der Waals surface area contributed by atoms with Gasteiger partial charge in [0.05, 0.1) is 19.0 Å². The zero-order valence-electron chi connectivity index (χ0n) is 13.4. The molecule has 23 heavy (non-hydrogen) atoms. The summed E-state index contributed by atoms with van der Waals surface area (Å²) >= 11 is 0. The average Bonchev–Trinajstić information content (AvgIpc) is 2.97. The standard InChI is InChI=1S/C16H21N5O2/c1-20(16-10-3-4-17-15(10)18-9-19-16)5-11-12-6-21(7-13(11)12)8-14(22)23-2/h3-4,9,11-13H,5-8H2,1-2H3,(H,17,18,19)/t11-,12+,13-. The average molecular weight is 315 g/mol. The van der Waals surface area contributed by atoms with E-state index in [1.54, 1.807) is 6.33 Å². The van der Waals surface area contributed by atoms with E-state index in [9.17, 15) is 4.79 Å². The second-order valence-corrected chi connectivity index (χ2v) is 6.58. The molecule has 7 heteroatoms. The Morgan fingerprint density at radius 1 is 1.43 bits per heavy atom. The highest BCUT2D eigenvalue weighted by atomic mass is 16.5. The summed E-state index contributed by atoms with van der Waals surface area (Å²) in [7, 11) is 3.54. The lowest BCUT2D eigenvalue weighted by molar-refractivity contribution is -0.141. The normalized spacial score (nSPS) is 26.3. The van der Waals surface area contributed by atoms with Crippen molar-refractivity contribution >= 4 is 22.8 Å². The van der Waals surface area contributed by atoms with Crippen LogP contribution in [0.1, 0.15) is 0 Å². The topological polar surface area (TPSA) is 74.3 Å². The van der Waals surface area contributed by atoms with Gasteiger partial charge in [-0.2, -0.15) is 0 Å². The number of aromatic amines is 1. The molecule has 4 rings (SSSR count). The molecule has 1 saturated heterocycles. The van der Waals surface area contributed by atoms with Crippen LogP contribution in [0.2, 0.25) is 0 Å². The molecule has 122 valence electrons. The highest BCUT2D eigenvalue weighted by Crippen LogP contribution is 2.52. The van der Waals surface area contributed by atoms with Crippen molar-refractivity contribution in [1.29, 1.82) is 0 Å². The molecule has 2 aromatic rings. The minimum Gasteiger partial charge on any atom is -0.468 e. The summed E-state index contributed by atoms with van der Waals surface area (Å²) in [5.74, 6) is 2.93. The number of fused-ring (bicyclic) bond motifs is 2. The van der Waals surface area contributed by atoms with Crippen molar-refractivity contribution < 1.29 is 9.53 Å². The molecule has 0 bridgehead atoms. The maximum Gasteiger partial charge on any atom is 0.319 e. The molecule has 0 radical (unpaired) electrons. The van der Waals surface area contributed by atoms with Gasteiger partial charge in [-0.3, -0.25) is 9.69 Å². The Bertz CT molecular complexity index is 718. The molecule has 1 aliphatic carbocycles. The lowest BCUT2D eigenvalue weighted by Crippen LogP contribution is -2.33. The number of nitrogens with one attached hydrogen (secondary N) is 1. The Morgan fingerprint density at radius 2 is 2.22 bits per heavy atom. The van der Waals surface area contributed by atoms with E-state index < -0.39 is 0 Å². The minimum atomic E-state index is -0.143. The van der Waals surface area contributed by atoms with Gasteiger partial charge in [0.1, 0.15) is 17.8 Å². The first-order valence-corrected chi connectivity index (χ1v) is 7.95. The molecule has 0 amide bonds. The molecule has 1 N–H and O–H groups in total. The van der Waals surface area contributed by atoms with Gasteiger partial charge in [-0.25, -0.2) is 9.97 Å². The number of likely N-dealkylation sites (tertiary alicyclic amines) is 1. The first-order valence-electron chi connectivity index (χ1n) is 7.95. The van der Waals surface area contributed by atoms with Crippen molar-refractivity contribution in [1.82, 2.24) is 19.9 Å². The molecular formula is C16H21N5O2. The van der Waals surface area contributed by atoms with E-state index in [-0.39, 0.29) is 5.97 Å². The number of anilines is 1. The van der Waals surface area contributed by atoms with Crippen LogP contribution in [0.15, 0.2) is 18.6 Å². The van der Waals surface area contributed by atoms with Gasteiger partial charge in [0.2, 0.25) is 0 Å². The second kappa shape index (κ2) is 5.49. The quantitative estimate of drug-likeness (QED) is 0.821. The zero-order chi connectivity index (χ0) is 16.0. The number of rotatable bonds is 5. The first-order chi connectivity index (χ1) is 11.2. The van der Waals surface area contributed by atoms with Crippen molar-refractivity contribution in [2.24, 2.45) is 17.8 Å². The number of carbonyl (C=O) groups excluding carboxylic acids is 1. The van der Waals surface area contributed by atoms with E-state index >= 15 is 0 Å². The van der Waals surface area contributed by atoms with Gasteiger partial charge in [0.15, 0.2) is 0 Å². The van der Waals surface area contributed by atoms with E-state index in [2.05, 4.69) is 31.8 Å². The third kappa shape index (κ3) is 2.55. The van der Waals surface area contributed by atoms with E-state index in [0.29, 0.717) is 24.3 Å². The van der Waals surface area contributed by atoms with Crippen LogP contribution in [-0.2, 0) is 9.53 Å². The summed E-state index contributed by atoms with van der Waals surface area (Å²) < 4.78 is 4.74. The summed E-state index contributed by atoms with van der Waals surface area (Å²) in [4.78, 5) is 27.6. The van der Waals surface area contributed by atoms with Crippen LogP contribution >= 0.6 is 0 Å². The molecule has 1 aliphatic heterocycles. The maximum absolute atomic E-state index is 11.3. The summed E-state index contributed by atoms with van der Waals surface area (Å²) in [5, 5.41) is 1.06. The summed E-state index contributed by atoms with van der Waals surface area (Å²) in [6, 6.07) is 2.02. The fourth-order valence-corrected chi connectivity index (χ4v) is 3.95. The molecule has 0 unspecified atom stereocenters. The van der Waals surface area contributed by atoms with Crippen molar-refractivity contribution in [3.63, 3.8) is 0 Å². The minimum absolute atomic E-state index is 0.143. The largest absolute Gasteiger partial charge is 0.468 e. The van der Waals surface area contributed by atoms with Gasteiger partial charge in [0, 0.05) is 32.9 Å². The van der Waals surface area contributed by atoms with Crippen LogP contribution in [0.25, 0.3) is 11.0 Å². The SMILES string of the molecule is COC(=O)CN1C[C@@H]2[C@H](C1)[C@@H]2CN(C)c1ncnc2[nH]ccc12. The lowest BCUT2D eigenvalue weighted by atomic mass is 10.2. The van der Waals surface area contributed by atoms with Crippen LogP contribution in [0, 0.1) is 17.8 Å². The highest BCUT2D eigenvalue weighted by molar-refractivity contribution is 5.87. The Kier molecular flexibility index (Phi) is 3.45. The second-order valence-electron chi connectivity index (χ2n) is 6.58. The zero-order valence-corrected chi connectivity index (χ0v) is 13.4. The molecule has 0 aromatic carbocycles. The van der Waals surface area contributed by atoms with E-state index in [4.69, 9.17) is 4.74 Å². The van der Waals surface area contributed by atoms with Crippen LogP contribution in [0.3, 0.4) is 0 Å². The highest BCUT2D eigenvalue weighted by Gasteiger charge is 2.55. The van der Waals surface area contributed by atoms with Gasteiger partial charge in [-0.05, 0) is 23.8 Å². The van der Waals surface area contributed by atoms with E-state index in [1.165, 1.54) is 7.11 Å². The fourth-order valence-electron chi connectivity index (χ4n) is 3.95. The molecule has 2 fully saturated rings. The third-order valence-electron chi connectivity index (χ3n) is 5.21. The van der Waals surface area contributed by atoms with Gasteiger partial charge < -0.3 is 14.6 Å². The number of hydrogen-bond donors (Lipinski definition) is 1. The number of hydrogen-bond acceptors (Lipinski definition) is 6. The number of nitrogens with zero attached hydrogens (tertiary/aromatic N) is 4. The van der Waals surface area contributed by atoms with Crippen LogP contribution in [0.5, 0.6) is 0 Å². The third-order valence-corrected chi connectivity index (χ3v) is 5.21. The first kappa shape index (κ1) is 14.4. The van der Waals surface area contributed by atoms with Crippen molar-refractivity contribution in [3.8, 4) is 0 Å². The Morgan fingerprint density at radius 3 is 2.96 bits per heavy atom. The number of methoxy groups -OCH3 is 1. The Labute approximate surface area is 134 Å². The lowest BCUT2D eigenvalue weighted by Gasteiger charge is -2.22. The summed E-state index contributed by atoms with van der Waals surface area (Å²) in [5.41, 5.74) is 0.877. The van der Waals surface area contributed by atoms with Crippen molar-refractivity contribution in [2.75, 3.05) is 45.2 Å². The monoisotopic (exact) mass is 315 g/mol. The smallest absolute Gasteiger partial charge is 0.319 e. The summed E-state index contributed by atoms with van der Waals surface area (Å²) in [6.07, 6.45) is 3.50. The molecule has 2 aliphatic rings. The van der Waals surface area contributed by atoms with Gasteiger partial charge in [-0.15, -0.1) is 0 Å². The molecule has 3 atom stereocenters. The predicted octanol–water partition coefficient (Wildman–Crippen LogP) is 0.745. The van der Waals surface area contributed by atoms with Gasteiger partial charge >= 0.3 is 5.97 Å². The maximum atomic E-state index is 11.3. The number of esters is 1. The number of piperidine rings is 1. The number of aromatic nitrogens is 3. The Balaban J connectivity index is 1.36. The molecule has 0 spiro atoms. The number of ether oxygens (including phenoxy) is 1. The van der Waals surface area contributed by atoms with Gasteiger partial charge in [-0.1, -0.05) is 0 Å². The van der Waals surface area contributed by atoms with Gasteiger partial charge in [0.25, 0.3) is 0 Å². The van der Waals surface area contributed by atoms with Crippen molar-refractivity contribution in [3.05, 3.63) is 18.6 Å². The van der Waals surface area contributed by atoms with Crippen LogP contribution < -0.4 is 4.90 Å². The van der Waals surface area contributed by atoms with Crippen LogP contribution in [0.4, 0.5) is 5.82 Å². The Hall–Kier alpha value is -2.15. The fraction of sp³-hybridized carbons (Fsp3) is 0.562. The van der Waals surface area contributed by atoms with E-state index in [0.717, 1.165) is 36.5 Å². The number of H-pyrrole nitrogens is 1. The number of carbonyl (C=O) groups is 1.